The van der Waals surface area contributed by atoms with Crippen molar-refractivity contribution in [1.82, 2.24) is 15.1 Å². The van der Waals surface area contributed by atoms with Gasteiger partial charge in [-0.25, -0.2) is 0 Å². The second-order valence-electron chi connectivity index (χ2n) is 9.30. The molecule has 2 saturated heterocycles. The van der Waals surface area contributed by atoms with Gasteiger partial charge in [-0.05, 0) is 42.7 Å². The lowest BCUT2D eigenvalue weighted by atomic mass is 9.96. The second-order valence-corrected chi connectivity index (χ2v) is 9.30. The van der Waals surface area contributed by atoms with Gasteiger partial charge in [-0.2, -0.15) is 0 Å². The number of benzene rings is 2. The molecule has 170 valence electrons. The molecular weight excluding hydrogens is 398 g/mol. The van der Waals surface area contributed by atoms with Crippen LogP contribution in [0.15, 0.2) is 60.7 Å². The van der Waals surface area contributed by atoms with E-state index in [1.165, 1.54) is 5.56 Å². The number of rotatable bonds is 7. The molecule has 5 heteroatoms. The molecular formula is C27H35N3O2. The maximum absolute atomic E-state index is 12.7. The van der Waals surface area contributed by atoms with Crippen molar-refractivity contribution in [3.8, 4) is 0 Å². The van der Waals surface area contributed by atoms with Crippen LogP contribution in [0.25, 0.3) is 0 Å². The van der Waals surface area contributed by atoms with Gasteiger partial charge >= 0.3 is 0 Å². The lowest BCUT2D eigenvalue weighted by molar-refractivity contribution is -0.131. The Kier molecular flexibility index (Phi) is 7.94. The molecule has 0 spiro atoms. The first kappa shape index (κ1) is 22.5. The SMILES string of the molecule is O=C(C[C@H]1CCC(=O)N(Cc2ccccc2)CC1)NC1CCN(Cc2ccccc2)CC1. The van der Waals surface area contributed by atoms with Gasteiger partial charge in [0.05, 0.1) is 0 Å². The van der Waals surface area contributed by atoms with Crippen molar-refractivity contribution in [3.63, 3.8) is 0 Å². The van der Waals surface area contributed by atoms with E-state index < -0.39 is 0 Å². The molecule has 4 rings (SSSR count). The maximum atomic E-state index is 12.7. The highest BCUT2D eigenvalue weighted by Gasteiger charge is 2.26. The third-order valence-electron chi connectivity index (χ3n) is 6.82. The number of carbonyl (C=O) groups excluding carboxylic acids is 2. The Hall–Kier alpha value is -2.66. The third-order valence-corrected chi connectivity index (χ3v) is 6.82. The van der Waals surface area contributed by atoms with Gasteiger partial charge in [-0.1, -0.05) is 60.7 Å². The monoisotopic (exact) mass is 433 g/mol. The van der Waals surface area contributed by atoms with Crippen molar-refractivity contribution < 1.29 is 9.59 Å². The minimum atomic E-state index is 0.153. The minimum Gasteiger partial charge on any atom is -0.353 e. The summed E-state index contributed by atoms with van der Waals surface area (Å²) in [5.74, 6) is 0.654. The second kappa shape index (κ2) is 11.3. The molecule has 2 amide bonds. The van der Waals surface area contributed by atoms with E-state index in [0.29, 0.717) is 19.4 Å². The number of likely N-dealkylation sites (tertiary alicyclic amines) is 2. The van der Waals surface area contributed by atoms with Crippen molar-refractivity contribution in [2.75, 3.05) is 19.6 Å². The Morgan fingerprint density at radius 1 is 0.812 bits per heavy atom. The molecule has 0 radical (unpaired) electrons. The molecule has 1 atom stereocenters. The van der Waals surface area contributed by atoms with Crippen LogP contribution in [0.2, 0.25) is 0 Å². The number of hydrogen-bond donors (Lipinski definition) is 1. The van der Waals surface area contributed by atoms with Crippen LogP contribution in [-0.4, -0.2) is 47.3 Å². The van der Waals surface area contributed by atoms with E-state index >= 15 is 0 Å². The Morgan fingerprint density at radius 2 is 1.44 bits per heavy atom. The van der Waals surface area contributed by atoms with Crippen LogP contribution >= 0.6 is 0 Å². The van der Waals surface area contributed by atoms with E-state index in [1.54, 1.807) is 0 Å². The molecule has 5 nitrogen and oxygen atoms in total. The summed E-state index contributed by atoms with van der Waals surface area (Å²) < 4.78 is 0. The first-order chi connectivity index (χ1) is 15.7. The number of hydrogen-bond acceptors (Lipinski definition) is 3. The topological polar surface area (TPSA) is 52.7 Å². The van der Waals surface area contributed by atoms with E-state index in [4.69, 9.17) is 0 Å². The lowest BCUT2D eigenvalue weighted by Gasteiger charge is -2.32. The average molecular weight is 434 g/mol. The summed E-state index contributed by atoms with van der Waals surface area (Å²) in [6.45, 7) is 4.43. The molecule has 32 heavy (non-hydrogen) atoms. The number of amides is 2. The Bertz CT molecular complexity index is 863. The first-order valence-electron chi connectivity index (χ1n) is 12.0. The number of nitrogens with one attached hydrogen (secondary N) is 1. The summed E-state index contributed by atoms with van der Waals surface area (Å²) in [4.78, 5) is 29.7. The smallest absolute Gasteiger partial charge is 0.222 e. The van der Waals surface area contributed by atoms with Crippen LogP contribution in [0.5, 0.6) is 0 Å². The summed E-state index contributed by atoms with van der Waals surface area (Å²) in [6.07, 6.45) is 4.81. The fourth-order valence-electron chi connectivity index (χ4n) is 4.89. The van der Waals surface area contributed by atoms with E-state index in [9.17, 15) is 9.59 Å². The maximum Gasteiger partial charge on any atom is 0.222 e. The standard InChI is InChI=1S/C27H35N3O2/c31-26(28-25-14-16-29(17-15-25)20-23-7-3-1-4-8-23)19-22-11-12-27(32)30(18-13-22)21-24-9-5-2-6-10-24/h1-10,22,25H,11-21H2,(H,28,31)/t22-/m0/s1. The summed E-state index contributed by atoms with van der Waals surface area (Å²) in [7, 11) is 0. The fraction of sp³-hybridized carbons (Fsp3) is 0.481. The van der Waals surface area contributed by atoms with Gasteiger partial charge in [-0.15, -0.1) is 0 Å². The lowest BCUT2D eigenvalue weighted by Crippen LogP contribution is -2.44. The van der Waals surface area contributed by atoms with E-state index in [1.807, 2.05) is 23.1 Å². The molecule has 0 aromatic heterocycles. The average Bonchev–Trinajstić information content (AvgIpc) is 2.98. The zero-order valence-electron chi connectivity index (χ0n) is 18.9. The fourth-order valence-corrected chi connectivity index (χ4v) is 4.89. The predicted octanol–water partition coefficient (Wildman–Crippen LogP) is 3.99. The Balaban J connectivity index is 1.18. The van der Waals surface area contributed by atoms with Crippen molar-refractivity contribution in [2.45, 2.75) is 57.7 Å². The summed E-state index contributed by atoms with van der Waals surface area (Å²) in [5, 5.41) is 3.27. The molecule has 2 heterocycles. The molecule has 0 unspecified atom stereocenters. The van der Waals surface area contributed by atoms with Gasteiger partial charge in [0.15, 0.2) is 0 Å². The van der Waals surface area contributed by atoms with Crippen molar-refractivity contribution in [1.29, 1.82) is 0 Å². The largest absolute Gasteiger partial charge is 0.353 e. The van der Waals surface area contributed by atoms with Crippen LogP contribution in [-0.2, 0) is 22.7 Å². The van der Waals surface area contributed by atoms with E-state index in [-0.39, 0.29) is 23.8 Å². The molecule has 2 aromatic carbocycles. The number of nitrogens with zero attached hydrogens (tertiary/aromatic N) is 2. The minimum absolute atomic E-state index is 0.153. The van der Waals surface area contributed by atoms with Gasteiger partial charge in [0, 0.05) is 51.6 Å². The normalized spacial score (nSPS) is 20.7. The highest BCUT2D eigenvalue weighted by atomic mass is 16.2. The van der Waals surface area contributed by atoms with Crippen LogP contribution in [0.1, 0.15) is 49.7 Å². The Labute approximate surface area is 191 Å². The quantitative estimate of drug-likeness (QED) is 0.718. The zero-order valence-corrected chi connectivity index (χ0v) is 18.9. The third kappa shape index (κ3) is 6.67. The van der Waals surface area contributed by atoms with E-state index in [2.05, 4.69) is 52.7 Å². The predicted molar refractivity (Wildman–Crippen MR) is 127 cm³/mol. The first-order valence-corrected chi connectivity index (χ1v) is 12.0. The number of piperidine rings is 1. The summed E-state index contributed by atoms with van der Waals surface area (Å²) >= 11 is 0. The highest BCUT2D eigenvalue weighted by Crippen LogP contribution is 2.23. The van der Waals surface area contributed by atoms with Crippen LogP contribution < -0.4 is 5.32 Å². The van der Waals surface area contributed by atoms with Gasteiger partial charge in [-0.3, -0.25) is 14.5 Å². The molecule has 2 aliphatic heterocycles. The van der Waals surface area contributed by atoms with Crippen molar-refractivity contribution in [2.24, 2.45) is 5.92 Å². The number of carbonyl (C=O) groups is 2. The zero-order chi connectivity index (χ0) is 22.2. The van der Waals surface area contributed by atoms with Crippen LogP contribution in [0, 0.1) is 5.92 Å². The molecule has 2 aliphatic rings. The van der Waals surface area contributed by atoms with Crippen molar-refractivity contribution in [3.05, 3.63) is 71.8 Å². The van der Waals surface area contributed by atoms with Crippen molar-refractivity contribution >= 4 is 11.8 Å². The van der Waals surface area contributed by atoms with E-state index in [0.717, 1.165) is 57.4 Å². The summed E-state index contributed by atoms with van der Waals surface area (Å²) in [6, 6.07) is 21.0. The highest BCUT2D eigenvalue weighted by molar-refractivity contribution is 5.78. The summed E-state index contributed by atoms with van der Waals surface area (Å²) in [5.41, 5.74) is 2.51. The molecule has 2 aromatic rings. The van der Waals surface area contributed by atoms with Crippen LogP contribution in [0.4, 0.5) is 0 Å². The molecule has 2 fully saturated rings. The Morgan fingerprint density at radius 3 is 2.09 bits per heavy atom. The molecule has 1 N–H and O–H groups in total. The van der Waals surface area contributed by atoms with Gasteiger partial charge in [0.25, 0.3) is 0 Å². The molecule has 0 aliphatic carbocycles. The molecule has 0 saturated carbocycles. The van der Waals surface area contributed by atoms with Gasteiger partial charge < -0.3 is 10.2 Å². The molecule has 0 bridgehead atoms. The van der Waals surface area contributed by atoms with Gasteiger partial charge in [0.1, 0.15) is 0 Å². The van der Waals surface area contributed by atoms with Crippen LogP contribution in [0.3, 0.4) is 0 Å². The van der Waals surface area contributed by atoms with Gasteiger partial charge in [0.2, 0.25) is 11.8 Å².